The molecule has 3 aromatic carbocycles. The van der Waals surface area contributed by atoms with Gasteiger partial charge in [-0.15, -0.1) is 11.3 Å². The summed E-state index contributed by atoms with van der Waals surface area (Å²) in [5, 5.41) is 6.00. The van der Waals surface area contributed by atoms with Gasteiger partial charge in [0, 0.05) is 23.1 Å². The van der Waals surface area contributed by atoms with Gasteiger partial charge in [-0.25, -0.2) is 4.98 Å². The fourth-order valence-corrected chi connectivity index (χ4v) is 4.20. The molecule has 4 aromatic rings. The minimum Gasteiger partial charge on any atom is -0.484 e. The fraction of sp³-hybridized carbons (Fsp3) is 0.214. The molecular formula is C28H28N2O2S. The first-order valence-electron chi connectivity index (χ1n) is 11.0. The smallest absolute Gasteiger partial charge is 0.258 e. The normalized spacial score (nSPS) is 11.2. The van der Waals surface area contributed by atoms with Crippen molar-refractivity contribution in [3.8, 4) is 27.6 Å². The Morgan fingerprint density at radius 1 is 0.909 bits per heavy atom. The van der Waals surface area contributed by atoms with E-state index in [0.29, 0.717) is 12.3 Å². The van der Waals surface area contributed by atoms with Crippen LogP contribution in [0.5, 0.6) is 5.75 Å². The van der Waals surface area contributed by atoms with Crippen LogP contribution in [0.3, 0.4) is 0 Å². The van der Waals surface area contributed by atoms with Crippen LogP contribution in [0.2, 0.25) is 0 Å². The van der Waals surface area contributed by atoms with Gasteiger partial charge in [-0.1, -0.05) is 87.5 Å². The van der Waals surface area contributed by atoms with Gasteiger partial charge in [0.05, 0.1) is 5.69 Å². The van der Waals surface area contributed by atoms with Crippen molar-refractivity contribution >= 4 is 17.2 Å². The van der Waals surface area contributed by atoms with Crippen molar-refractivity contribution in [3.63, 3.8) is 0 Å². The molecule has 0 radical (unpaired) electrons. The van der Waals surface area contributed by atoms with Crippen LogP contribution in [0.15, 0.2) is 84.2 Å². The zero-order chi connectivity index (χ0) is 23.3. The van der Waals surface area contributed by atoms with Crippen molar-refractivity contribution in [1.29, 1.82) is 0 Å². The van der Waals surface area contributed by atoms with E-state index in [0.717, 1.165) is 27.4 Å². The second-order valence-electron chi connectivity index (χ2n) is 8.94. The molecule has 0 unspecified atom stereocenters. The van der Waals surface area contributed by atoms with E-state index in [1.807, 2.05) is 66.7 Å². The van der Waals surface area contributed by atoms with Crippen molar-refractivity contribution in [1.82, 2.24) is 10.3 Å². The summed E-state index contributed by atoms with van der Waals surface area (Å²) in [5.41, 5.74) is 5.50. The molecule has 168 valence electrons. The van der Waals surface area contributed by atoms with E-state index in [1.54, 1.807) is 11.3 Å². The van der Waals surface area contributed by atoms with Crippen LogP contribution in [0.1, 0.15) is 31.9 Å². The zero-order valence-electron chi connectivity index (χ0n) is 19.2. The quantitative estimate of drug-likeness (QED) is 0.347. The lowest BCUT2D eigenvalue weighted by Gasteiger charge is -2.19. The number of benzene rings is 3. The van der Waals surface area contributed by atoms with Crippen LogP contribution < -0.4 is 10.1 Å². The highest BCUT2D eigenvalue weighted by molar-refractivity contribution is 7.13. The lowest BCUT2D eigenvalue weighted by atomic mass is 9.87. The molecule has 0 aliphatic heterocycles. The van der Waals surface area contributed by atoms with Crippen molar-refractivity contribution in [2.24, 2.45) is 0 Å². The summed E-state index contributed by atoms with van der Waals surface area (Å²) in [5.74, 6) is 0.548. The Morgan fingerprint density at radius 3 is 2.27 bits per heavy atom. The van der Waals surface area contributed by atoms with Gasteiger partial charge in [0.25, 0.3) is 5.91 Å². The Hall–Kier alpha value is -3.44. The monoisotopic (exact) mass is 456 g/mol. The second kappa shape index (κ2) is 10.0. The summed E-state index contributed by atoms with van der Waals surface area (Å²) >= 11 is 1.64. The zero-order valence-corrected chi connectivity index (χ0v) is 20.0. The molecule has 1 N–H and O–H groups in total. The number of rotatable bonds is 7. The summed E-state index contributed by atoms with van der Waals surface area (Å²) in [6, 6.07) is 26.2. The van der Waals surface area contributed by atoms with Crippen LogP contribution in [-0.2, 0) is 16.8 Å². The predicted molar refractivity (Wildman–Crippen MR) is 135 cm³/mol. The predicted octanol–water partition coefficient (Wildman–Crippen LogP) is 6.47. The van der Waals surface area contributed by atoms with Gasteiger partial charge in [-0.3, -0.25) is 4.79 Å². The van der Waals surface area contributed by atoms with Crippen molar-refractivity contribution in [3.05, 3.63) is 95.4 Å². The van der Waals surface area contributed by atoms with Crippen molar-refractivity contribution < 1.29 is 9.53 Å². The third kappa shape index (κ3) is 6.08. The summed E-state index contributed by atoms with van der Waals surface area (Å²) in [7, 11) is 0. The van der Waals surface area contributed by atoms with Crippen molar-refractivity contribution in [2.75, 3.05) is 6.61 Å². The number of amides is 1. The minimum absolute atomic E-state index is 0.00592. The summed E-state index contributed by atoms with van der Waals surface area (Å²) in [6.45, 7) is 6.96. The molecule has 5 heteroatoms. The largest absolute Gasteiger partial charge is 0.484 e. The fourth-order valence-electron chi connectivity index (χ4n) is 3.36. The van der Waals surface area contributed by atoms with Gasteiger partial charge >= 0.3 is 0 Å². The molecule has 0 spiro atoms. The number of carbonyl (C=O) groups excluding carboxylic acids is 1. The summed E-state index contributed by atoms with van der Waals surface area (Å²) in [4.78, 5) is 17.0. The molecule has 0 saturated carbocycles. The first kappa shape index (κ1) is 22.7. The lowest BCUT2D eigenvalue weighted by molar-refractivity contribution is -0.123. The Kier molecular flexibility index (Phi) is 6.90. The second-order valence-corrected chi connectivity index (χ2v) is 9.80. The van der Waals surface area contributed by atoms with Crippen LogP contribution in [-0.4, -0.2) is 17.5 Å². The maximum atomic E-state index is 12.2. The highest BCUT2D eigenvalue weighted by atomic mass is 32.1. The third-order valence-electron chi connectivity index (χ3n) is 5.35. The molecule has 4 rings (SSSR count). The Labute approximate surface area is 199 Å². The Balaban J connectivity index is 1.27. The molecule has 0 aliphatic carbocycles. The number of carbonyl (C=O) groups is 1. The minimum atomic E-state index is -0.147. The topological polar surface area (TPSA) is 51.2 Å². The van der Waals surface area contributed by atoms with Gasteiger partial charge in [0.2, 0.25) is 0 Å². The first-order valence-corrected chi connectivity index (χ1v) is 11.9. The molecule has 1 aromatic heterocycles. The number of hydrogen-bond acceptors (Lipinski definition) is 4. The maximum absolute atomic E-state index is 12.2. The number of aromatic nitrogens is 1. The van der Waals surface area contributed by atoms with E-state index in [2.05, 4.69) is 43.6 Å². The molecule has 0 aliphatic rings. The third-order valence-corrected chi connectivity index (χ3v) is 6.25. The SMILES string of the molecule is CC(C)(C)c1ccc(OCC(=O)NCc2ccc(-c3csc(-c4ccccc4)n3)cc2)cc1. The van der Waals surface area contributed by atoms with E-state index < -0.39 is 0 Å². The highest BCUT2D eigenvalue weighted by Gasteiger charge is 2.13. The average molecular weight is 457 g/mol. The summed E-state index contributed by atoms with van der Waals surface area (Å²) < 4.78 is 5.62. The average Bonchev–Trinajstić information content (AvgIpc) is 3.32. The summed E-state index contributed by atoms with van der Waals surface area (Å²) in [6.07, 6.45) is 0. The molecule has 0 fully saturated rings. The number of nitrogens with one attached hydrogen (secondary N) is 1. The van der Waals surface area contributed by atoms with Gasteiger partial charge < -0.3 is 10.1 Å². The van der Waals surface area contributed by atoms with E-state index in [-0.39, 0.29) is 17.9 Å². The molecule has 1 amide bonds. The van der Waals surface area contributed by atoms with Crippen LogP contribution in [0, 0.1) is 0 Å². The van der Waals surface area contributed by atoms with Crippen molar-refractivity contribution in [2.45, 2.75) is 32.7 Å². The Morgan fingerprint density at radius 2 is 1.61 bits per heavy atom. The highest BCUT2D eigenvalue weighted by Crippen LogP contribution is 2.29. The molecular weight excluding hydrogens is 428 g/mol. The van der Waals surface area contributed by atoms with E-state index >= 15 is 0 Å². The number of hydrogen-bond donors (Lipinski definition) is 1. The van der Waals surface area contributed by atoms with Gasteiger partial charge in [0.15, 0.2) is 6.61 Å². The number of nitrogens with zero attached hydrogens (tertiary/aromatic N) is 1. The first-order chi connectivity index (χ1) is 15.9. The van der Waals surface area contributed by atoms with Crippen LogP contribution in [0.4, 0.5) is 0 Å². The molecule has 0 atom stereocenters. The molecule has 4 nitrogen and oxygen atoms in total. The van der Waals surface area contributed by atoms with Crippen LogP contribution in [0.25, 0.3) is 21.8 Å². The van der Waals surface area contributed by atoms with E-state index in [1.165, 1.54) is 5.56 Å². The molecule has 0 bridgehead atoms. The maximum Gasteiger partial charge on any atom is 0.258 e. The van der Waals surface area contributed by atoms with Crippen LogP contribution >= 0.6 is 11.3 Å². The number of thiazole rings is 1. The molecule has 0 saturated heterocycles. The van der Waals surface area contributed by atoms with Gasteiger partial charge in [-0.2, -0.15) is 0 Å². The standard InChI is InChI=1S/C28H28N2O2S/c1-28(2,3)23-13-15-24(16-14-23)32-18-26(31)29-17-20-9-11-21(12-10-20)25-19-33-27(30-25)22-7-5-4-6-8-22/h4-16,19H,17-18H2,1-3H3,(H,29,31). The van der Waals surface area contributed by atoms with Gasteiger partial charge in [-0.05, 0) is 28.7 Å². The Bertz CT molecular complexity index is 1190. The number of ether oxygens (including phenoxy) is 1. The molecule has 1 heterocycles. The van der Waals surface area contributed by atoms with E-state index in [9.17, 15) is 4.79 Å². The van der Waals surface area contributed by atoms with E-state index in [4.69, 9.17) is 9.72 Å². The molecule has 33 heavy (non-hydrogen) atoms. The van der Waals surface area contributed by atoms with Gasteiger partial charge in [0.1, 0.15) is 10.8 Å². The lowest BCUT2D eigenvalue weighted by Crippen LogP contribution is -2.28.